The average molecular weight is 441 g/mol. The van der Waals surface area contributed by atoms with Gasteiger partial charge in [0.25, 0.3) is 0 Å². The van der Waals surface area contributed by atoms with Crippen LogP contribution in [0.1, 0.15) is 23.6 Å². The summed E-state index contributed by atoms with van der Waals surface area (Å²) in [4.78, 5) is 20.9. The molecule has 8 heteroatoms. The first kappa shape index (κ1) is 23.6. The maximum Gasteiger partial charge on any atom is 0.246 e. The zero-order valence-corrected chi connectivity index (χ0v) is 19.0. The van der Waals surface area contributed by atoms with Crippen molar-refractivity contribution in [3.63, 3.8) is 0 Å². The van der Waals surface area contributed by atoms with E-state index in [1.165, 1.54) is 0 Å². The molecular formula is C24H32N4O4. The number of benzene rings is 1. The van der Waals surface area contributed by atoms with Crippen molar-refractivity contribution in [2.45, 2.75) is 20.0 Å². The van der Waals surface area contributed by atoms with E-state index in [-0.39, 0.29) is 5.91 Å². The Kier molecular flexibility index (Phi) is 8.47. The minimum absolute atomic E-state index is 0.123. The lowest BCUT2D eigenvalue weighted by molar-refractivity contribution is -0.125. The fraction of sp³-hybridized carbons (Fsp3) is 0.417. The molecule has 0 bridgehead atoms. The Hall–Kier alpha value is -3.10. The van der Waals surface area contributed by atoms with Crippen LogP contribution in [0.5, 0.6) is 11.5 Å². The number of carbonyl (C=O) groups is 1. The molecule has 1 aromatic carbocycles. The number of likely N-dealkylation sites (N-methyl/N-ethyl adjacent to an activating group) is 1. The van der Waals surface area contributed by atoms with Crippen molar-refractivity contribution < 1.29 is 19.0 Å². The number of nitrogens with two attached hydrogens (primary N) is 1. The third-order valence-corrected chi connectivity index (χ3v) is 5.29. The van der Waals surface area contributed by atoms with E-state index in [1.54, 1.807) is 37.4 Å². The van der Waals surface area contributed by atoms with Gasteiger partial charge in [-0.3, -0.25) is 9.69 Å². The van der Waals surface area contributed by atoms with Gasteiger partial charge in [-0.1, -0.05) is 12.1 Å². The monoisotopic (exact) mass is 440 g/mol. The maximum absolute atomic E-state index is 12.7. The first-order chi connectivity index (χ1) is 15.5. The minimum Gasteiger partial charge on any atom is -0.493 e. The number of hydrogen-bond donors (Lipinski definition) is 1. The molecule has 0 unspecified atom stereocenters. The van der Waals surface area contributed by atoms with Crippen LogP contribution in [0.25, 0.3) is 6.08 Å². The maximum atomic E-state index is 12.7. The largest absolute Gasteiger partial charge is 0.493 e. The first-order valence-corrected chi connectivity index (χ1v) is 10.8. The smallest absolute Gasteiger partial charge is 0.246 e. The number of anilines is 1. The summed E-state index contributed by atoms with van der Waals surface area (Å²) in [5.41, 5.74) is 8.74. The van der Waals surface area contributed by atoms with Gasteiger partial charge in [0, 0.05) is 56.6 Å². The highest BCUT2D eigenvalue weighted by molar-refractivity contribution is 5.91. The van der Waals surface area contributed by atoms with Gasteiger partial charge < -0.3 is 24.8 Å². The number of morpholine rings is 1. The standard InChI is InChI=1S/C24H32N4O4/c1-4-32-23-19(6-5-7-21(23)30-3)16-27(2)22(29)9-8-18-14-20(24(25)26-15-18)17-28-10-12-31-13-11-28/h5-9,14-15H,4,10-13,16-17H2,1-3H3,(H2,25,26)/b9-8+. The number of ether oxygens (including phenoxy) is 3. The van der Waals surface area contributed by atoms with Gasteiger partial charge in [-0.25, -0.2) is 4.98 Å². The van der Waals surface area contributed by atoms with E-state index in [2.05, 4.69) is 9.88 Å². The SMILES string of the molecule is CCOc1c(CN(C)C(=O)/C=C/c2cnc(N)c(CN3CCOCC3)c2)cccc1OC. The summed E-state index contributed by atoms with van der Waals surface area (Å²) in [6.07, 6.45) is 4.99. The van der Waals surface area contributed by atoms with E-state index in [1.807, 2.05) is 31.2 Å². The number of hydrogen-bond acceptors (Lipinski definition) is 7. The summed E-state index contributed by atoms with van der Waals surface area (Å²) >= 11 is 0. The van der Waals surface area contributed by atoms with Crippen molar-refractivity contribution in [2.75, 3.05) is 52.8 Å². The number of para-hydroxylation sites is 1. The zero-order chi connectivity index (χ0) is 22.9. The van der Waals surface area contributed by atoms with Crippen LogP contribution in [0.2, 0.25) is 0 Å². The number of nitrogens with zero attached hydrogens (tertiary/aromatic N) is 3. The molecule has 2 heterocycles. The Morgan fingerprint density at radius 1 is 1.31 bits per heavy atom. The van der Waals surface area contributed by atoms with Crippen LogP contribution in [0.15, 0.2) is 36.5 Å². The number of pyridine rings is 1. The topological polar surface area (TPSA) is 90.2 Å². The van der Waals surface area contributed by atoms with Crippen molar-refractivity contribution >= 4 is 17.8 Å². The van der Waals surface area contributed by atoms with Crippen molar-refractivity contribution in [1.82, 2.24) is 14.8 Å². The fourth-order valence-electron chi connectivity index (χ4n) is 3.54. The Morgan fingerprint density at radius 2 is 2.09 bits per heavy atom. The van der Waals surface area contributed by atoms with Crippen molar-refractivity contribution in [3.8, 4) is 11.5 Å². The van der Waals surface area contributed by atoms with Crippen molar-refractivity contribution in [2.24, 2.45) is 0 Å². The molecule has 172 valence electrons. The number of amides is 1. The molecule has 2 N–H and O–H groups in total. The lowest BCUT2D eigenvalue weighted by atomic mass is 10.1. The third-order valence-electron chi connectivity index (χ3n) is 5.29. The van der Waals surface area contributed by atoms with E-state index >= 15 is 0 Å². The van der Waals surface area contributed by atoms with Gasteiger partial charge >= 0.3 is 0 Å². The zero-order valence-electron chi connectivity index (χ0n) is 19.0. The second-order valence-electron chi connectivity index (χ2n) is 7.61. The van der Waals surface area contributed by atoms with Crippen LogP contribution in [-0.4, -0.2) is 67.8 Å². The Bertz CT molecular complexity index is 942. The number of carbonyl (C=O) groups excluding carboxylic acids is 1. The van der Waals surface area contributed by atoms with Crippen LogP contribution in [-0.2, 0) is 22.6 Å². The van der Waals surface area contributed by atoms with E-state index in [9.17, 15) is 4.79 Å². The van der Waals surface area contributed by atoms with Gasteiger partial charge in [0.15, 0.2) is 11.5 Å². The van der Waals surface area contributed by atoms with Crippen molar-refractivity contribution in [3.05, 3.63) is 53.2 Å². The molecule has 1 aliphatic heterocycles. The molecule has 1 aliphatic rings. The number of rotatable bonds is 9. The highest BCUT2D eigenvalue weighted by atomic mass is 16.5. The number of nitrogen functional groups attached to an aromatic ring is 1. The molecule has 8 nitrogen and oxygen atoms in total. The summed E-state index contributed by atoms with van der Waals surface area (Å²) < 4.78 is 16.5. The number of methoxy groups -OCH3 is 1. The average Bonchev–Trinajstić information content (AvgIpc) is 2.81. The van der Waals surface area contributed by atoms with E-state index in [0.717, 1.165) is 43.0 Å². The predicted octanol–water partition coefficient (Wildman–Crippen LogP) is 2.58. The predicted molar refractivity (Wildman–Crippen MR) is 124 cm³/mol. The summed E-state index contributed by atoms with van der Waals surface area (Å²) in [5, 5.41) is 0. The highest BCUT2D eigenvalue weighted by Crippen LogP contribution is 2.31. The third kappa shape index (κ3) is 6.21. The molecule has 1 aromatic heterocycles. The fourth-order valence-corrected chi connectivity index (χ4v) is 3.54. The van der Waals surface area contributed by atoms with E-state index < -0.39 is 0 Å². The van der Waals surface area contributed by atoms with Crippen molar-refractivity contribution in [1.29, 1.82) is 0 Å². The lowest BCUT2D eigenvalue weighted by Crippen LogP contribution is -2.35. The normalized spacial score (nSPS) is 14.5. The molecule has 0 spiro atoms. The van der Waals surface area contributed by atoms with Crippen LogP contribution in [0.4, 0.5) is 5.82 Å². The Balaban J connectivity index is 1.66. The Morgan fingerprint density at radius 3 is 2.81 bits per heavy atom. The van der Waals surface area contributed by atoms with Gasteiger partial charge in [-0.15, -0.1) is 0 Å². The molecule has 2 aromatic rings. The Labute approximate surface area is 189 Å². The van der Waals surface area contributed by atoms with Gasteiger partial charge in [0.05, 0.1) is 26.9 Å². The van der Waals surface area contributed by atoms with Crippen LogP contribution in [0, 0.1) is 0 Å². The molecular weight excluding hydrogens is 408 g/mol. The minimum atomic E-state index is -0.123. The summed E-state index contributed by atoms with van der Waals surface area (Å²) in [6.45, 7) is 6.75. The molecule has 0 atom stereocenters. The van der Waals surface area contributed by atoms with E-state index in [4.69, 9.17) is 19.9 Å². The summed E-state index contributed by atoms with van der Waals surface area (Å²) in [6, 6.07) is 7.65. The highest BCUT2D eigenvalue weighted by Gasteiger charge is 2.15. The molecule has 1 saturated heterocycles. The van der Waals surface area contributed by atoms with Crippen LogP contribution >= 0.6 is 0 Å². The molecule has 3 rings (SSSR count). The molecule has 32 heavy (non-hydrogen) atoms. The van der Waals surface area contributed by atoms with Crippen LogP contribution in [0.3, 0.4) is 0 Å². The summed E-state index contributed by atoms with van der Waals surface area (Å²) in [5.74, 6) is 1.71. The van der Waals surface area contributed by atoms with Gasteiger partial charge in [0.1, 0.15) is 5.82 Å². The summed E-state index contributed by atoms with van der Waals surface area (Å²) in [7, 11) is 3.36. The van der Waals surface area contributed by atoms with E-state index in [0.29, 0.717) is 37.0 Å². The molecule has 0 radical (unpaired) electrons. The van der Waals surface area contributed by atoms with Gasteiger partial charge in [-0.2, -0.15) is 0 Å². The second kappa shape index (κ2) is 11.5. The molecule has 1 amide bonds. The quantitative estimate of drug-likeness (QED) is 0.600. The van der Waals surface area contributed by atoms with Gasteiger partial charge in [0.2, 0.25) is 5.91 Å². The first-order valence-electron chi connectivity index (χ1n) is 10.8. The van der Waals surface area contributed by atoms with Crippen LogP contribution < -0.4 is 15.2 Å². The lowest BCUT2D eigenvalue weighted by Gasteiger charge is -2.26. The van der Waals surface area contributed by atoms with Gasteiger partial charge in [-0.05, 0) is 30.7 Å². The number of aromatic nitrogens is 1. The molecule has 0 aliphatic carbocycles. The molecule has 1 fully saturated rings. The second-order valence-corrected chi connectivity index (χ2v) is 7.61. The molecule has 0 saturated carbocycles.